The third kappa shape index (κ3) is 1.54. The highest BCUT2D eigenvalue weighted by atomic mass is 16.5. The number of methoxy groups -OCH3 is 1. The summed E-state index contributed by atoms with van der Waals surface area (Å²) < 4.78 is 7.09. The Morgan fingerprint density at radius 1 is 1.39 bits per heavy atom. The summed E-state index contributed by atoms with van der Waals surface area (Å²) in [6, 6.07) is 8.45. The van der Waals surface area contributed by atoms with Crippen LogP contribution in [0.15, 0.2) is 24.3 Å². The van der Waals surface area contributed by atoms with Crippen LogP contribution in [0.4, 0.5) is 0 Å². The maximum absolute atomic E-state index is 11.7. The van der Waals surface area contributed by atoms with E-state index in [1.165, 1.54) is 29.3 Å². The number of ether oxygens (including phenoxy) is 1. The lowest BCUT2D eigenvalue weighted by molar-refractivity contribution is -0.145. The number of para-hydroxylation sites is 1. The molecule has 2 aromatic rings. The van der Waals surface area contributed by atoms with E-state index in [4.69, 9.17) is 4.74 Å². The molecule has 0 bridgehead atoms. The number of rotatable bonds is 1. The number of fused-ring (bicyclic) bond motifs is 3. The van der Waals surface area contributed by atoms with Crippen LogP contribution in [-0.4, -0.2) is 17.6 Å². The third-order valence-electron chi connectivity index (χ3n) is 4.06. The van der Waals surface area contributed by atoms with Gasteiger partial charge in [-0.2, -0.15) is 0 Å². The van der Waals surface area contributed by atoms with Gasteiger partial charge >= 0.3 is 5.97 Å². The van der Waals surface area contributed by atoms with Gasteiger partial charge in [-0.3, -0.25) is 4.79 Å². The van der Waals surface area contributed by atoms with Crippen LogP contribution < -0.4 is 0 Å². The average molecular weight is 243 g/mol. The van der Waals surface area contributed by atoms with Crippen LogP contribution in [0.5, 0.6) is 0 Å². The molecule has 0 saturated carbocycles. The quantitative estimate of drug-likeness (QED) is 0.720. The van der Waals surface area contributed by atoms with E-state index in [0.29, 0.717) is 0 Å². The summed E-state index contributed by atoms with van der Waals surface area (Å²) in [5, 5.41) is 1.33. The summed E-state index contributed by atoms with van der Waals surface area (Å²) in [4.78, 5) is 11.7. The van der Waals surface area contributed by atoms with Crippen molar-refractivity contribution in [3.63, 3.8) is 0 Å². The normalized spacial score (nSPS) is 18.7. The molecule has 1 heterocycles. The number of aryl methyl sites for hydroxylation is 2. The van der Waals surface area contributed by atoms with Crippen LogP contribution >= 0.6 is 0 Å². The van der Waals surface area contributed by atoms with Crippen LogP contribution in [0, 0.1) is 5.92 Å². The van der Waals surface area contributed by atoms with E-state index < -0.39 is 0 Å². The van der Waals surface area contributed by atoms with Crippen LogP contribution in [0.3, 0.4) is 0 Å². The molecule has 94 valence electrons. The predicted molar refractivity (Wildman–Crippen MR) is 70.5 cm³/mol. The van der Waals surface area contributed by atoms with Gasteiger partial charge in [0.05, 0.1) is 13.0 Å². The molecule has 0 N–H and O–H groups in total. The zero-order chi connectivity index (χ0) is 12.7. The Bertz CT molecular complexity index is 612. The van der Waals surface area contributed by atoms with E-state index in [1.807, 2.05) is 0 Å². The number of esters is 1. The summed E-state index contributed by atoms with van der Waals surface area (Å²) in [7, 11) is 3.56. The maximum atomic E-state index is 11.7. The lowest BCUT2D eigenvalue weighted by Crippen LogP contribution is -2.24. The second-order valence-corrected chi connectivity index (χ2v) is 4.96. The minimum atomic E-state index is -0.0779. The van der Waals surface area contributed by atoms with Crippen molar-refractivity contribution in [1.82, 2.24) is 4.57 Å². The molecule has 18 heavy (non-hydrogen) atoms. The van der Waals surface area contributed by atoms with Crippen LogP contribution in [0.25, 0.3) is 10.9 Å². The SMILES string of the molecule is COC(=O)C1CCc2c(n(C)c3ccccc23)C1. The van der Waals surface area contributed by atoms with Gasteiger partial charge in [-0.1, -0.05) is 18.2 Å². The van der Waals surface area contributed by atoms with Gasteiger partial charge < -0.3 is 9.30 Å². The molecule has 0 aliphatic heterocycles. The van der Waals surface area contributed by atoms with Gasteiger partial charge in [0.25, 0.3) is 0 Å². The molecule has 1 aromatic heterocycles. The number of carbonyl (C=O) groups is 1. The highest BCUT2D eigenvalue weighted by molar-refractivity contribution is 5.86. The average Bonchev–Trinajstić information content (AvgIpc) is 2.72. The first-order valence-corrected chi connectivity index (χ1v) is 6.35. The number of hydrogen-bond acceptors (Lipinski definition) is 2. The molecule has 0 spiro atoms. The van der Waals surface area contributed by atoms with Crippen molar-refractivity contribution >= 4 is 16.9 Å². The Hall–Kier alpha value is -1.77. The van der Waals surface area contributed by atoms with Crippen molar-refractivity contribution in [2.75, 3.05) is 7.11 Å². The second-order valence-electron chi connectivity index (χ2n) is 4.96. The third-order valence-corrected chi connectivity index (χ3v) is 4.06. The Morgan fingerprint density at radius 3 is 2.94 bits per heavy atom. The fraction of sp³-hybridized carbons (Fsp3) is 0.400. The monoisotopic (exact) mass is 243 g/mol. The van der Waals surface area contributed by atoms with Gasteiger partial charge in [-0.15, -0.1) is 0 Å². The highest BCUT2D eigenvalue weighted by Crippen LogP contribution is 2.33. The second kappa shape index (κ2) is 4.16. The number of aromatic nitrogens is 1. The molecule has 1 aliphatic rings. The van der Waals surface area contributed by atoms with Crippen molar-refractivity contribution in [1.29, 1.82) is 0 Å². The van der Waals surface area contributed by atoms with Crippen LogP contribution in [-0.2, 0) is 29.4 Å². The molecular formula is C15H17NO2. The molecule has 1 unspecified atom stereocenters. The van der Waals surface area contributed by atoms with E-state index >= 15 is 0 Å². The molecule has 1 atom stereocenters. The minimum Gasteiger partial charge on any atom is -0.469 e. The molecule has 0 saturated heterocycles. The fourth-order valence-electron chi connectivity index (χ4n) is 3.09. The molecular weight excluding hydrogens is 226 g/mol. The van der Waals surface area contributed by atoms with Gasteiger partial charge in [-0.05, 0) is 24.5 Å². The molecule has 0 fully saturated rings. The van der Waals surface area contributed by atoms with Gasteiger partial charge in [0.15, 0.2) is 0 Å². The summed E-state index contributed by atoms with van der Waals surface area (Å²) in [6.07, 6.45) is 2.66. The molecule has 3 heteroatoms. The van der Waals surface area contributed by atoms with Crippen LogP contribution in [0.1, 0.15) is 17.7 Å². The zero-order valence-electron chi connectivity index (χ0n) is 10.8. The van der Waals surface area contributed by atoms with Crippen molar-refractivity contribution in [3.05, 3.63) is 35.5 Å². The van der Waals surface area contributed by atoms with Crippen molar-refractivity contribution in [3.8, 4) is 0 Å². The lowest BCUT2D eigenvalue weighted by Gasteiger charge is -2.21. The van der Waals surface area contributed by atoms with Gasteiger partial charge in [0.2, 0.25) is 0 Å². The summed E-state index contributed by atoms with van der Waals surface area (Å²) in [5.74, 6) is -0.0589. The first-order chi connectivity index (χ1) is 8.72. The molecule has 3 nitrogen and oxygen atoms in total. The topological polar surface area (TPSA) is 31.2 Å². The Morgan fingerprint density at radius 2 is 2.17 bits per heavy atom. The number of benzene rings is 1. The standard InChI is InChI=1S/C15H17NO2/c1-16-13-6-4-3-5-11(13)12-8-7-10(9-14(12)16)15(17)18-2/h3-6,10H,7-9H2,1-2H3. The van der Waals surface area contributed by atoms with Crippen LogP contribution in [0.2, 0.25) is 0 Å². The lowest BCUT2D eigenvalue weighted by atomic mass is 9.87. The van der Waals surface area contributed by atoms with E-state index in [2.05, 4.69) is 35.9 Å². The molecule has 0 amide bonds. The summed E-state index contributed by atoms with van der Waals surface area (Å²) in [5.41, 5.74) is 3.96. The zero-order valence-corrected chi connectivity index (χ0v) is 10.8. The smallest absolute Gasteiger partial charge is 0.309 e. The van der Waals surface area contributed by atoms with E-state index in [0.717, 1.165) is 19.3 Å². The largest absolute Gasteiger partial charge is 0.469 e. The number of nitrogens with zero attached hydrogens (tertiary/aromatic N) is 1. The van der Waals surface area contributed by atoms with E-state index in [-0.39, 0.29) is 11.9 Å². The minimum absolute atomic E-state index is 0.0190. The first kappa shape index (κ1) is 11.3. The number of hydrogen-bond donors (Lipinski definition) is 0. The van der Waals surface area contributed by atoms with Crippen molar-refractivity contribution in [2.24, 2.45) is 13.0 Å². The maximum Gasteiger partial charge on any atom is 0.309 e. The van der Waals surface area contributed by atoms with Crippen molar-refractivity contribution in [2.45, 2.75) is 19.3 Å². The molecule has 0 radical (unpaired) electrons. The molecule has 3 rings (SSSR count). The summed E-state index contributed by atoms with van der Waals surface area (Å²) >= 11 is 0. The Kier molecular flexibility index (Phi) is 2.62. The van der Waals surface area contributed by atoms with E-state index in [1.54, 1.807) is 0 Å². The first-order valence-electron chi connectivity index (χ1n) is 6.35. The Balaban J connectivity index is 2.09. The Labute approximate surface area is 106 Å². The van der Waals surface area contributed by atoms with Crippen molar-refractivity contribution < 1.29 is 9.53 Å². The van der Waals surface area contributed by atoms with Gasteiger partial charge in [0, 0.05) is 30.1 Å². The molecule has 1 aromatic carbocycles. The highest BCUT2D eigenvalue weighted by Gasteiger charge is 2.28. The van der Waals surface area contributed by atoms with Gasteiger partial charge in [-0.25, -0.2) is 0 Å². The number of carbonyl (C=O) groups excluding carboxylic acids is 1. The van der Waals surface area contributed by atoms with Gasteiger partial charge in [0.1, 0.15) is 0 Å². The predicted octanol–water partition coefficient (Wildman–Crippen LogP) is 2.46. The fourth-order valence-corrected chi connectivity index (χ4v) is 3.09. The molecule has 1 aliphatic carbocycles. The summed E-state index contributed by atoms with van der Waals surface area (Å²) in [6.45, 7) is 0. The van der Waals surface area contributed by atoms with E-state index in [9.17, 15) is 4.79 Å².